The van der Waals surface area contributed by atoms with Crippen LogP contribution < -0.4 is 10.6 Å². The van der Waals surface area contributed by atoms with Gasteiger partial charge in [0, 0.05) is 38.5 Å². The SMILES string of the molecule is CCC(=O)N1CCCCC1C(=O)NCC1CNC1. The summed E-state index contributed by atoms with van der Waals surface area (Å²) in [5, 5.41) is 6.18. The van der Waals surface area contributed by atoms with Crippen LogP contribution in [0.25, 0.3) is 0 Å². The van der Waals surface area contributed by atoms with Gasteiger partial charge in [-0.3, -0.25) is 9.59 Å². The van der Waals surface area contributed by atoms with E-state index in [-0.39, 0.29) is 17.9 Å². The molecule has 18 heavy (non-hydrogen) atoms. The molecule has 2 N–H and O–H groups in total. The quantitative estimate of drug-likeness (QED) is 0.748. The van der Waals surface area contributed by atoms with Gasteiger partial charge in [-0.05, 0) is 19.3 Å². The van der Waals surface area contributed by atoms with Crippen molar-refractivity contribution in [3.05, 3.63) is 0 Å². The van der Waals surface area contributed by atoms with Crippen molar-refractivity contribution < 1.29 is 9.59 Å². The summed E-state index contributed by atoms with van der Waals surface area (Å²) in [4.78, 5) is 25.7. The Bertz CT molecular complexity index is 315. The molecular formula is C13H23N3O2. The molecule has 0 aromatic carbocycles. The molecule has 2 heterocycles. The molecular weight excluding hydrogens is 230 g/mol. The summed E-state index contributed by atoms with van der Waals surface area (Å²) in [6, 6.07) is -0.237. The maximum atomic E-state index is 12.1. The molecule has 0 aromatic rings. The van der Waals surface area contributed by atoms with Gasteiger partial charge < -0.3 is 15.5 Å². The van der Waals surface area contributed by atoms with Gasteiger partial charge in [0.25, 0.3) is 0 Å². The van der Waals surface area contributed by atoms with Crippen LogP contribution in [0.5, 0.6) is 0 Å². The lowest BCUT2D eigenvalue weighted by Crippen LogP contribution is -2.54. The molecule has 0 aromatic heterocycles. The number of carbonyl (C=O) groups excluding carboxylic acids is 2. The zero-order valence-electron chi connectivity index (χ0n) is 11.1. The third-order valence-electron chi connectivity index (χ3n) is 3.86. The highest BCUT2D eigenvalue weighted by atomic mass is 16.2. The number of amides is 2. The molecule has 0 spiro atoms. The molecule has 2 rings (SSSR count). The minimum atomic E-state index is -0.237. The van der Waals surface area contributed by atoms with E-state index in [0.717, 1.165) is 45.4 Å². The number of nitrogens with one attached hydrogen (secondary N) is 2. The highest BCUT2D eigenvalue weighted by molar-refractivity contribution is 5.87. The second kappa shape index (κ2) is 6.18. The maximum Gasteiger partial charge on any atom is 0.242 e. The molecule has 102 valence electrons. The summed E-state index contributed by atoms with van der Waals surface area (Å²) >= 11 is 0. The average molecular weight is 253 g/mol. The normalized spacial score (nSPS) is 24.5. The van der Waals surface area contributed by atoms with Crippen LogP contribution in [0.3, 0.4) is 0 Å². The van der Waals surface area contributed by atoms with Crippen molar-refractivity contribution in [1.29, 1.82) is 0 Å². The fraction of sp³-hybridized carbons (Fsp3) is 0.846. The molecule has 0 radical (unpaired) electrons. The number of likely N-dealkylation sites (tertiary alicyclic amines) is 1. The summed E-state index contributed by atoms with van der Waals surface area (Å²) in [6.07, 6.45) is 3.34. The Balaban J connectivity index is 1.86. The molecule has 2 amide bonds. The second-order valence-electron chi connectivity index (χ2n) is 5.22. The van der Waals surface area contributed by atoms with Crippen LogP contribution in [0.2, 0.25) is 0 Å². The maximum absolute atomic E-state index is 12.1. The minimum absolute atomic E-state index is 0.0309. The third kappa shape index (κ3) is 3.02. The van der Waals surface area contributed by atoms with Gasteiger partial charge in [-0.1, -0.05) is 6.92 Å². The van der Waals surface area contributed by atoms with Crippen LogP contribution >= 0.6 is 0 Å². The van der Waals surface area contributed by atoms with E-state index < -0.39 is 0 Å². The predicted octanol–water partition coefficient (Wildman–Crippen LogP) is 0.113. The van der Waals surface area contributed by atoms with Gasteiger partial charge in [-0.2, -0.15) is 0 Å². The Hall–Kier alpha value is -1.10. The summed E-state index contributed by atoms with van der Waals surface area (Å²) < 4.78 is 0. The standard InChI is InChI=1S/C13H23N3O2/c1-2-12(17)16-6-4-3-5-11(16)13(18)15-9-10-7-14-8-10/h10-11,14H,2-9H2,1H3,(H,15,18). The van der Waals surface area contributed by atoms with Crippen molar-refractivity contribution in [2.45, 2.75) is 38.6 Å². The summed E-state index contributed by atoms with van der Waals surface area (Å²) in [7, 11) is 0. The summed E-state index contributed by atoms with van der Waals surface area (Å²) in [5.74, 6) is 0.691. The Kier molecular flexibility index (Phi) is 4.58. The van der Waals surface area contributed by atoms with E-state index in [0.29, 0.717) is 12.3 Å². The molecule has 0 saturated carbocycles. The number of hydrogen-bond donors (Lipinski definition) is 2. The Morgan fingerprint density at radius 3 is 2.72 bits per heavy atom. The molecule has 1 atom stereocenters. The fourth-order valence-electron chi connectivity index (χ4n) is 2.56. The number of nitrogens with zero attached hydrogens (tertiary/aromatic N) is 1. The van der Waals surface area contributed by atoms with E-state index in [1.807, 2.05) is 6.92 Å². The Morgan fingerprint density at radius 1 is 1.33 bits per heavy atom. The van der Waals surface area contributed by atoms with E-state index in [1.165, 1.54) is 0 Å². The van der Waals surface area contributed by atoms with Gasteiger partial charge in [-0.25, -0.2) is 0 Å². The van der Waals surface area contributed by atoms with Crippen molar-refractivity contribution in [1.82, 2.24) is 15.5 Å². The Labute approximate surface area is 108 Å². The third-order valence-corrected chi connectivity index (χ3v) is 3.86. The fourth-order valence-corrected chi connectivity index (χ4v) is 2.56. The lowest BCUT2D eigenvalue weighted by Gasteiger charge is -2.35. The van der Waals surface area contributed by atoms with E-state index in [2.05, 4.69) is 10.6 Å². The molecule has 2 saturated heterocycles. The molecule has 2 aliphatic heterocycles. The van der Waals surface area contributed by atoms with E-state index in [1.54, 1.807) is 4.90 Å². The van der Waals surface area contributed by atoms with Gasteiger partial charge in [0.15, 0.2) is 0 Å². The largest absolute Gasteiger partial charge is 0.354 e. The van der Waals surface area contributed by atoms with Crippen LogP contribution in [-0.2, 0) is 9.59 Å². The lowest BCUT2D eigenvalue weighted by molar-refractivity contribution is -0.142. The van der Waals surface area contributed by atoms with E-state index in [9.17, 15) is 9.59 Å². The molecule has 5 heteroatoms. The highest BCUT2D eigenvalue weighted by Gasteiger charge is 2.31. The minimum Gasteiger partial charge on any atom is -0.354 e. The number of hydrogen-bond acceptors (Lipinski definition) is 3. The molecule has 0 aliphatic carbocycles. The molecule has 2 aliphatic rings. The lowest BCUT2D eigenvalue weighted by atomic mass is 9.99. The molecule has 1 unspecified atom stereocenters. The molecule has 5 nitrogen and oxygen atoms in total. The average Bonchev–Trinajstić information content (AvgIpc) is 2.35. The van der Waals surface area contributed by atoms with Gasteiger partial charge in [-0.15, -0.1) is 0 Å². The summed E-state index contributed by atoms with van der Waals surface area (Å²) in [6.45, 7) is 5.29. The number of carbonyl (C=O) groups is 2. The first kappa shape index (κ1) is 13.3. The molecule has 2 fully saturated rings. The van der Waals surface area contributed by atoms with E-state index in [4.69, 9.17) is 0 Å². The Morgan fingerprint density at radius 2 is 2.11 bits per heavy atom. The first-order chi connectivity index (χ1) is 8.72. The number of piperidine rings is 1. The van der Waals surface area contributed by atoms with Crippen molar-refractivity contribution >= 4 is 11.8 Å². The van der Waals surface area contributed by atoms with Crippen molar-refractivity contribution in [2.75, 3.05) is 26.2 Å². The predicted molar refractivity (Wildman–Crippen MR) is 69.0 cm³/mol. The summed E-state index contributed by atoms with van der Waals surface area (Å²) in [5.41, 5.74) is 0. The van der Waals surface area contributed by atoms with Crippen LogP contribution in [0.4, 0.5) is 0 Å². The number of rotatable bonds is 4. The van der Waals surface area contributed by atoms with E-state index >= 15 is 0 Å². The van der Waals surface area contributed by atoms with Crippen molar-refractivity contribution in [3.8, 4) is 0 Å². The van der Waals surface area contributed by atoms with Crippen LogP contribution in [-0.4, -0.2) is 48.9 Å². The van der Waals surface area contributed by atoms with Crippen LogP contribution in [0.15, 0.2) is 0 Å². The van der Waals surface area contributed by atoms with Gasteiger partial charge >= 0.3 is 0 Å². The first-order valence-electron chi connectivity index (χ1n) is 7.00. The van der Waals surface area contributed by atoms with Gasteiger partial charge in [0.05, 0.1) is 0 Å². The second-order valence-corrected chi connectivity index (χ2v) is 5.22. The van der Waals surface area contributed by atoms with Crippen molar-refractivity contribution in [2.24, 2.45) is 5.92 Å². The van der Waals surface area contributed by atoms with Crippen LogP contribution in [0, 0.1) is 5.92 Å². The monoisotopic (exact) mass is 253 g/mol. The smallest absolute Gasteiger partial charge is 0.242 e. The first-order valence-corrected chi connectivity index (χ1v) is 7.00. The van der Waals surface area contributed by atoms with Gasteiger partial charge in [0.2, 0.25) is 11.8 Å². The molecule has 0 bridgehead atoms. The van der Waals surface area contributed by atoms with Crippen molar-refractivity contribution in [3.63, 3.8) is 0 Å². The zero-order valence-corrected chi connectivity index (χ0v) is 11.1. The van der Waals surface area contributed by atoms with Gasteiger partial charge in [0.1, 0.15) is 6.04 Å². The highest BCUT2D eigenvalue weighted by Crippen LogP contribution is 2.18. The van der Waals surface area contributed by atoms with Crippen LogP contribution in [0.1, 0.15) is 32.6 Å². The topological polar surface area (TPSA) is 61.4 Å². The zero-order chi connectivity index (χ0) is 13.0.